The molecule has 5 heteroatoms. The van der Waals surface area contributed by atoms with Crippen LogP contribution in [0.4, 0.5) is 0 Å². The van der Waals surface area contributed by atoms with Gasteiger partial charge in [-0.05, 0) is 32.6 Å². The van der Waals surface area contributed by atoms with Crippen LogP contribution in [0.1, 0.15) is 39.0 Å². The van der Waals surface area contributed by atoms with Gasteiger partial charge in [-0.15, -0.1) is 0 Å². The molecule has 0 radical (unpaired) electrons. The Labute approximate surface area is 102 Å². The molecule has 1 fully saturated rings. The molecule has 0 bridgehead atoms. The van der Waals surface area contributed by atoms with Gasteiger partial charge in [0, 0.05) is 25.6 Å². The fraction of sp³-hybridized carbons (Fsp3) is 0.833. The molecule has 1 saturated heterocycles. The Morgan fingerprint density at radius 3 is 2.82 bits per heavy atom. The van der Waals surface area contributed by atoms with E-state index in [1.807, 2.05) is 6.92 Å². The molecule has 0 aromatic rings. The molecule has 1 rings (SSSR count). The van der Waals surface area contributed by atoms with Crippen molar-refractivity contribution in [3.8, 4) is 0 Å². The highest BCUT2D eigenvalue weighted by Gasteiger charge is 2.26. The number of piperidine rings is 1. The highest BCUT2D eigenvalue weighted by Crippen LogP contribution is 2.21. The van der Waals surface area contributed by atoms with Crippen LogP contribution in [0, 0.1) is 0 Å². The zero-order chi connectivity index (χ0) is 12.7. The molecule has 1 aliphatic heterocycles. The number of amides is 1. The zero-order valence-corrected chi connectivity index (χ0v) is 10.4. The average molecular weight is 243 g/mol. The minimum atomic E-state index is -0.798. The van der Waals surface area contributed by atoms with Gasteiger partial charge in [-0.2, -0.15) is 0 Å². The second kappa shape index (κ2) is 7.27. The number of carboxylic acid groups (broad SMARTS) is 1. The van der Waals surface area contributed by atoms with Crippen LogP contribution >= 0.6 is 0 Å². The molecule has 0 spiro atoms. The number of ether oxygens (including phenoxy) is 1. The summed E-state index contributed by atoms with van der Waals surface area (Å²) in [5.74, 6) is -0.810. The van der Waals surface area contributed by atoms with E-state index in [-0.39, 0.29) is 25.0 Å². The highest BCUT2D eigenvalue weighted by atomic mass is 16.5. The van der Waals surface area contributed by atoms with Crippen molar-refractivity contribution >= 4 is 11.9 Å². The molecule has 1 aliphatic rings. The molecular weight excluding hydrogens is 222 g/mol. The van der Waals surface area contributed by atoms with Crippen molar-refractivity contribution in [1.29, 1.82) is 0 Å². The van der Waals surface area contributed by atoms with E-state index in [1.165, 1.54) is 0 Å². The summed E-state index contributed by atoms with van der Waals surface area (Å²) >= 11 is 0. The highest BCUT2D eigenvalue weighted by molar-refractivity contribution is 5.78. The van der Waals surface area contributed by atoms with Crippen molar-refractivity contribution in [2.45, 2.75) is 45.1 Å². The first-order valence-electron chi connectivity index (χ1n) is 6.24. The Kier molecular flexibility index (Phi) is 5.97. The van der Waals surface area contributed by atoms with E-state index in [0.717, 1.165) is 25.8 Å². The molecular formula is C12H21NO4. The largest absolute Gasteiger partial charge is 0.481 e. The molecule has 0 aromatic heterocycles. The normalized spacial score (nSPS) is 20.3. The molecule has 98 valence electrons. The first-order chi connectivity index (χ1) is 8.15. The minimum Gasteiger partial charge on any atom is -0.481 e. The average Bonchev–Trinajstić information content (AvgIpc) is 2.33. The molecule has 1 heterocycles. The van der Waals surface area contributed by atoms with Crippen molar-refractivity contribution < 1.29 is 19.4 Å². The molecule has 1 N–H and O–H groups in total. The van der Waals surface area contributed by atoms with Gasteiger partial charge >= 0.3 is 5.97 Å². The lowest BCUT2D eigenvalue weighted by atomic mass is 9.98. The Morgan fingerprint density at radius 1 is 1.41 bits per heavy atom. The number of hydrogen-bond donors (Lipinski definition) is 1. The summed E-state index contributed by atoms with van der Waals surface area (Å²) < 4.78 is 5.11. The minimum absolute atomic E-state index is 0.0121. The van der Waals surface area contributed by atoms with Crippen LogP contribution < -0.4 is 0 Å². The summed E-state index contributed by atoms with van der Waals surface area (Å²) in [4.78, 5) is 24.2. The van der Waals surface area contributed by atoms with Crippen LogP contribution in [0.5, 0.6) is 0 Å². The number of carbonyl (C=O) groups excluding carboxylic acids is 1. The number of aliphatic carboxylic acids is 1. The number of carbonyl (C=O) groups is 2. The van der Waals surface area contributed by atoms with E-state index in [9.17, 15) is 9.59 Å². The molecule has 0 saturated carbocycles. The fourth-order valence-electron chi connectivity index (χ4n) is 2.19. The number of hydrogen-bond acceptors (Lipinski definition) is 3. The first kappa shape index (κ1) is 14.0. The van der Waals surface area contributed by atoms with Crippen LogP contribution in [0.25, 0.3) is 0 Å². The second-order valence-corrected chi connectivity index (χ2v) is 4.31. The standard InChI is InChI=1S/C12H21NO4/c1-2-17-9-11(14)13-8-4-3-5-10(13)6-7-12(15)16/h10H,2-9H2,1H3,(H,15,16)/t10-/m0/s1. The Hall–Kier alpha value is -1.10. The van der Waals surface area contributed by atoms with Gasteiger partial charge in [0.25, 0.3) is 0 Å². The van der Waals surface area contributed by atoms with Crippen LogP contribution in [0.3, 0.4) is 0 Å². The molecule has 1 amide bonds. The monoisotopic (exact) mass is 243 g/mol. The van der Waals surface area contributed by atoms with Crippen molar-refractivity contribution in [3.05, 3.63) is 0 Å². The van der Waals surface area contributed by atoms with Crippen LogP contribution in [-0.2, 0) is 14.3 Å². The van der Waals surface area contributed by atoms with E-state index < -0.39 is 5.97 Å². The quantitative estimate of drug-likeness (QED) is 0.763. The topological polar surface area (TPSA) is 66.8 Å². The van der Waals surface area contributed by atoms with Gasteiger partial charge in [0.15, 0.2) is 0 Å². The van der Waals surface area contributed by atoms with Gasteiger partial charge in [-0.1, -0.05) is 0 Å². The number of nitrogens with zero attached hydrogens (tertiary/aromatic N) is 1. The first-order valence-corrected chi connectivity index (χ1v) is 6.24. The van der Waals surface area contributed by atoms with Crippen LogP contribution in [0.15, 0.2) is 0 Å². The van der Waals surface area contributed by atoms with Gasteiger partial charge in [-0.25, -0.2) is 0 Å². The fourth-order valence-corrected chi connectivity index (χ4v) is 2.19. The van der Waals surface area contributed by atoms with E-state index >= 15 is 0 Å². The Balaban J connectivity index is 2.46. The summed E-state index contributed by atoms with van der Waals surface area (Å²) in [5, 5.41) is 8.68. The van der Waals surface area contributed by atoms with Gasteiger partial charge in [0.05, 0.1) is 0 Å². The van der Waals surface area contributed by atoms with Gasteiger partial charge in [0.1, 0.15) is 6.61 Å². The number of carboxylic acids is 1. The van der Waals surface area contributed by atoms with Gasteiger partial charge in [-0.3, -0.25) is 9.59 Å². The maximum atomic E-state index is 11.9. The van der Waals surface area contributed by atoms with E-state index in [1.54, 1.807) is 4.90 Å². The maximum absolute atomic E-state index is 11.9. The van der Waals surface area contributed by atoms with Crippen molar-refractivity contribution in [1.82, 2.24) is 4.90 Å². The lowest BCUT2D eigenvalue weighted by molar-refractivity contribution is -0.142. The molecule has 17 heavy (non-hydrogen) atoms. The second-order valence-electron chi connectivity index (χ2n) is 4.31. The number of rotatable bonds is 6. The third kappa shape index (κ3) is 4.73. The summed E-state index contributed by atoms with van der Waals surface area (Å²) in [6.45, 7) is 3.22. The Bertz CT molecular complexity index is 267. The molecule has 0 aromatic carbocycles. The summed E-state index contributed by atoms with van der Waals surface area (Å²) in [6, 6.07) is 0.0767. The van der Waals surface area contributed by atoms with Crippen LogP contribution in [-0.4, -0.2) is 47.7 Å². The smallest absolute Gasteiger partial charge is 0.303 e. The lowest BCUT2D eigenvalue weighted by Crippen LogP contribution is -2.45. The van der Waals surface area contributed by atoms with Crippen LogP contribution in [0.2, 0.25) is 0 Å². The molecule has 5 nitrogen and oxygen atoms in total. The lowest BCUT2D eigenvalue weighted by Gasteiger charge is -2.35. The Morgan fingerprint density at radius 2 is 2.18 bits per heavy atom. The SMILES string of the molecule is CCOCC(=O)N1CCCC[C@H]1CCC(=O)O. The maximum Gasteiger partial charge on any atom is 0.303 e. The zero-order valence-electron chi connectivity index (χ0n) is 10.4. The van der Waals surface area contributed by atoms with Crippen molar-refractivity contribution in [3.63, 3.8) is 0 Å². The van der Waals surface area contributed by atoms with Gasteiger partial charge in [0.2, 0.25) is 5.91 Å². The van der Waals surface area contributed by atoms with E-state index in [4.69, 9.17) is 9.84 Å². The summed E-state index contributed by atoms with van der Waals surface area (Å²) in [5.41, 5.74) is 0. The summed E-state index contributed by atoms with van der Waals surface area (Å²) in [6.07, 6.45) is 3.66. The predicted octanol–water partition coefficient (Wildman–Crippen LogP) is 1.27. The van der Waals surface area contributed by atoms with E-state index in [0.29, 0.717) is 13.0 Å². The third-order valence-corrected chi connectivity index (χ3v) is 3.07. The summed E-state index contributed by atoms with van der Waals surface area (Å²) in [7, 11) is 0. The number of likely N-dealkylation sites (tertiary alicyclic amines) is 1. The van der Waals surface area contributed by atoms with Crippen molar-refractivity contribution in [2.75, 3.05) is 19.8 Å². The van der Waals surface area contributed by atoms with Crippen molar-refractivity contribution in [2.24, 2.45) is 0 Å². The molecule has 0 unspecified atom stereocenters. The third-order valence-electron chi connectivity index (χ3n) is 3.07. The van der Waals surface area contributed by atoms with Gasteiger partial charge < -0.3 is 14.7 Å². The van der Waals surface area contributed by atoms with E-state index in [2.05, 4.69) is 0 Å². The molecule has 0 aliphatic carbocycles. The molecule has 1 atom stereocenters. The predicted molar refractivity (Wildman–Crippen MR) is 62.7 cm³/mol.